The largest absolute Gasteiger partial charge is 0.497 e. The second-order valence-electron chi connectivity index (χ2n) is 7.03. The highest BCUT2D eigenvalue weighted by Gasteiger charge is 2.35. The van der Waals surface area contributed by atoms with Gasteiger partial charge in [-0.3, -0.25) is 4.79 Å². The Balaban J connectivity index is 0.00000363. The van der Waals surface area contributed by atoms with E-state index in [0.717, 1.165) is 22.1 Å². The van der Waals surface area contributed by atoms with E-state index >= 15 is 0 Å². The molecule has 1 fully saturated rings. The van der Waals surface area contributed by atoms with Crippen molar-refractivity contribution in [3.8, 4) is 5.75 Å². The first kappa shape index (κ1) is 25.3. The number of carbonyl (C=O) groups excluding carboxylic acids is 2. The van der Waals surface area contributed by atoms with Crippen molar-refractivity contribution in [2.75, 3.05) is 32.0 Å². The highest BCUT2D eigenvalue weighted by atomic mass is 32.2. The number of methoxy groups -OCH3 is 1. The van der Waals surface area contributed by atoms with Gasteiger partial charge in [-0.2, -0.15) is 0 Å². The van der Waals surface area contributed by atoms with E-state index in [2.05, 4.69) is 4.84 Å². The summed E-state index contributed by atoms with van der Waals surface area (Å²) >= 11 is 1.51. The number of benzene rings is 2. The average Bonchev–Trinajstić information content (AvgIpc) is 3.25. The van der Waals surface area contributed by atoms with Gasteiger partial charge in [0.1, 0.15) is 11.8 Å². The molecule has 32 heavy (non-hydrogen) atoms. The third-order valence-corrected chi connectivity index (χ3v) is 5.93. The van der Waals surface area contributed by atoms with Crippen LogP contribution in [0.25, 0.3) is 10.8 Å². The van der Waals surface area contributed by atoms with Gasteiger partial charge in [0.25, 0.3) is 5.09 Å². The Bertz CT molecular complexity index is 953. The lowest BCUT2D eigenvalue weighted by molar-refractivity contribution is -0.757. The first-order chi connectivity index (χ1) is 15.0. The first-order valence-electron chi connectivity index (χ1n) is 9.86. The van der Waals surface area contributed by atoms with Crippen LogP contribution in [0.5, 0.6) is 5.75 Å². The minimum absolute atomic E-state index is 0. The molecule has 0 bridgehead atoms. The van der Waals surface area contributed by atoms with Crippen molar-refractivity contribution in [2.24, 2.45) is 0 Å². The van der Waals surface area contributed by atoms with Crippen LogP contribution < -0.4 is 4.74 Å². The number of nitrogens with zero attached hydrogens (tertiary/aromatic N) is 2. The van der Waals surface area contributed by atoms with Crippen LogP contribution in [0.1, 0.15) is 25.8 Å². The van der Waals surface area contributed by atoms with E-state index in [4.69, 9.17) is 9.47 Å². The van der Waals surface area contributed by atoms with Crippen LogP contribution in [0.4, 0.5) is 0 Å². The maximum Gasteiger partial charge on any atom is 0.329 e. The average molecular weight is 465 g/mol. The van der Waals surface area contributed by atoms with E-state index in [1.165, 1.54) is 11.8 Å². The summed E-state index contributed by atoms with van der Waals surface area (Å²) in [6.07, 6.45) is 1.06. The first-order valence-corrected chi connectivity index (χ1v) is 11.0. The summed E-state index contributed by atoms with van der Waals surface area (Å²) in [5, 5.41) is 11.3. The van der Waals surface area contributed by atoms with Crippen molar-refractivity contribution in [3.63, 3.8) is 0 Å². The molecule has 1 unspecified atom stereocenters. The lowest BCUT2D eigenvalue weighted by Crippen LogP contribution is -2.43. The standard InChI is InChI=1S/C21H24N2O7S.CH4/c1-28-18-7-6-16-10-15(4-5-17(16)12-18)11-20(24)22-14-31-13-19(22)21(25)29-8-2-3-9-30-23(26)27;/h4-7,10,12,19H,2-3,8-9,11,13-14H2,1H3;1H4. The van der Waals surface area contributed by atoms with Crippen LogP contribution in [-0.4, -0.2) is 59.9 Å². The van der Waals surface area contributed by atoms with Crippen molar-refractivity contribution in [3.05, 3.63) is 52.1 Å². The molecule has 10 heteroatoms. The molecule has 0 aliphatic carbocycles. The Labute approximate surface area is 191 Å². The second kappa shape index (κ2) is 12.1. The van der Waals surface area contributed by atoms with Gasteiger partial charge in [-0.1, -0.05) is 31.7 Å². The second-order valence-corrected chi connectivity index (χ2v) is 8.03. The third-order valence-electron chi connectivity index (χ3n) is 4.92. The number of amides is 1. The molecule has 0 aromatic heterocycles. The number of fused-ring (bicyclic) bond motifs is 1. The van der Waals surface area contributed by atoms with Gasteiger partial charge in [0, 0.05) is 5.75 Å². The topological polar surface area (TPSA) is 108 Å². The zero-order chi connectivity index (χ0) is 22.2. The van der Waals surface area contributed by atoms with E-state index in [1.54, 1.807) is 12.0 Å². The Morgan fingerprint density at radius 3 is 2.62 bits per heavy atom. The summed E-state index contributed by atoms with van der Waals surface area (Å²) in [5.41, 5.74) is 0.873. The number of hydrogen-bond donors (Lipinski definition) is 0. The number of hydrogen-bond acceptors (Lipinski definition) is 8. The van der Waals surface area contributed by atoms with Crippen molar-refractivity contribution in [2.45, 2.75) is 32.7 Å². The summed E-state index contributed by atoms with van der Waals surface area (Å²) in [6.45, 7) is 0.101. The van der Waals surface area contributed by atoms with Gasteiger partial charge in [-0.05, 0) is 41.3 Å². The Kier molecular flexibility index (Phi) is 9.58. The van der Waals surface area contributed by atoms with Gasteiger partial charge in [0.15, 0.2) is 0 Å². The van der Waals surface area contributed by atoms with Gasteiger partial charge in [-0.15, -0.1) is 21.9 Å². The third kappa shape index (κ3) is 6.74. The van der Waals surface area contributed by atoms with Crippen molar-refractivity contribution < 1.29 is 29.0 Å². The van der Waals surface area contributed by atoms with E-state index in [0.29, 0.717) is 24.5 Å². The lowest BCUT2D eigenvalue weighted by Gasteiger charge is -2.22. The number of carbonyl (C=O) groups is 2. The fourth-order valence-electron chi connectivity index (χ4n) is 3.28. The molecule has 1 atom stereocenters. The smallest absolute Gasteiger partial charge is 0.329 e. The molecule has 1 aliphatic heterocycles. The summed E-state index contributed by atoms with van der Waals surface area (Å²) in [5.74, 6) is 1.14. The van der Waals surface area contributed by atoms with E-state index in [9.17, 15) is 19.7 Å². The van der Waals surface area contributed by atoms with E-state index in [1.807, 2.05) is 36.4 Å². The minimum atomic E-state index is -0.850. The number of thioether (sulfide) groups is 1. The SMILES string of the molecule is C.COc1ccc2cc(CC(=O)N3CSCC3C(=O)OCCCCO[N+](=O)[O-])ccc2c1. The maximum absolute atomic E-state index is 12.8. The summed E-state index contributed by atoms with van der Waals surface area (Å²) in [6, 6.07) is 11.0. The molecule has 0 N–H and O–H groups in total. The van der Waals surface area contributed by atoms with Crippen LogP contribution in [-0.2, 0) is 25.6 Å². The number of rotatable bonds is 10. The molecule has 174 valence electrons. The molecule has 1 saturated heterocycles. The molecule has 2 aromatic carbocycles. The molecule has 2 aromatic rings. The molecule has 1 amide bonds. The van der Waals surface area contributed by atoms with E-state index in [-0.39, 0.29) is 33.0 Å². The maximum atomic E-state index is 12.8. The highest BCUT2D eigenvalue weighted by molar-refractivity contribution is 7.99. The molecular weight excluding hydrogens is 436 g/mol. The molecule has 1 heterocycles. The fraction of sp³-hybridized carbons (Fsp3) is 0.455. The zero-order valence-corrected chi connectivity index (χ0v) is 18.0. The van der Waals surface area contributed by atoms with Crippen molar-refractivity contribution in [1.82, 2.24) is 4.90 Å². The van der Waals surface area contributed by atoms with Crippen molar-refractivity contribution in [1.29, 1.82) is 0 Å². The van der Waals surface area contributed by atoms with Gasteiger partial charge in [-0.25, -0.2) is 4.79 Å². The number of ether oxygens (including phenoxy) is 2. The van der Waals surface area contributed by atoms with Crippen molar-refractivity contribution >= 4 is 34.4 Å². The number of esters is 1. The van der Waals surface area contributed by atoms with Crippen LogP contribution in [0.15, 0.2) is 36.4 Å². The monoisotopic (exact) mass is 464 g/mol. The van der Waals surface area contributed by atoms with Crippen LogP contribution >= 0.6 is 11.8 Å². The van der Waals surface area contributed by atoms with Gasteiger partial charge < -0.3 is 19.2 Å². The molecule has 0 radical (unpaired) electrons. The predicted octanol–water partition coefficient (Wildman–Crippen LogP) is 3.46. The molecule has 1 aliphatic rings. The number of unbranched alkanes of at least 4 members (excludes halogenated alkanes) is 1. The van der Waals surface area contributed by atoms with Gasteiger partial charge >= 0.3 is 5.97 Å². The van der Waals surface area contributed by atoms with Crippen LogP contribution in [0.3, 0.4) is 0 Å². The summed E-state index contributed by atoms with van der Waals surface area (Å²) in [4.78, 5) is 41.1. The quantitative estimate of drug-likeness (QED) is 0.228. The molecule has 3 rings (SSSR count). The molecular formula is C22H28N2O7S. The Hall–Kier alpha value is -3.01. The molecule has 0 spiro atoms. The summed E-state index contributed by atoms with van der Waals surface area (Å²) < 4.78 is 10.5. The summed E-state index contributed by atoms with van der Waals surface area (Å²) in [7, 11) is 1.62. The fourth-order valence-corrected chi connectivity index (χ4v) is 4.45. The predicted molar refractivity (Wildman–Crippen MR) is 122 cm³/mol. The highest BCUT2D eigenvalue weighted by Crippen LogP contribution is 2.25. The minimum Gasteiger partial charge on any atom is -0.497 e. The van der Waals surface area contributed by atoms with Gasteiger partial charge in [0.05, 0.1) is 32.6 Å². The molecule has 9 nitrogen and oxygen atoms in total. The van der Waals surface area contributed by atoms with Crippen LogP contribution in [0, 0.1) is 10.1 Å². The molecule has 0 saturated carbocycles. The zero-order valence-electron chi connectivity index (χ0n) is 17.2. The Morgan fingerprint density at radius 2 is 1.88 bits per heavy atom. The normalized spacial score (nSPS) is 15.2. The lowest BCUT2D eigenvalue weighted by atomic mass is 10.0. The van der Waals surface area contributed by atoms with Crippen LogP contribution in [0.2, 0.25) is 0 Å². The Morgan fingerprint density at radius 1 is 1.16 bits per heavy atom. The van der Waals surface area contributed by atoms with Gasteiger partial charge in [0.2, 0.25) is 5.91 Å². The van der Waals surface area contributed by atoms with E-state index < -0.39 is 17.1 Å².